The summed E-state index contributed by atoms with van der Waals surface area (Å²) in [5.74, 6) is 0. The average Bonchev–Trinajstić information content (AvgIpc) is 2.18. The summed E-state index contributed by atoms with van der Waals surface area (Å²) in [7, 11) is 3.95. The first-order chi connectivity index (χ1) is 6.65. The highest BCUT2D eigenvalue weighted by Gasteiger charge is 2.00. The summed E-state index contributed by atoms with van der Waals surface area (Å²) in [6.07, 6.45) is 2.59. The van der Waals surface area contributed by atoms with E-state index in [4.69, 9.17) is 0 Å². The van der Waals surface area contributed by atoms with Crippen molar-refractivity contribution in [2.24, 2.45) is 0 Å². The van der Waals surface area contributed by atoms with Gasteiger partial charge in [-0.3, -0.25) is 4.79 Å². The predicted octanol–water partition coefficient (Wildman–Crippen LogP) is 2.69. The number of allylic oxidation sites excluding steroid dienone is 1. The third-order valence-electron chi connectivity index (χ3n) is 1.82. The smallest absolute Gasteiger partial charge is 0.157 e. The van der Waals surface area contributed by atoms with Crippen molar-refractivity contribution in [3.05, 3.63) is 34.3 Å². The number of anilines is 1. The van der Waals surface area contributed by atoms with Crippen molar-refractivity contribution in [2.45, 2.75) is 0 Å². The molecule has 74 valence electrons. The minimum Gasteiger partial charge on any atom is -0.377 e. The quantitative estimate of drug-likeness (QED) is 0.610. The number of halogens is 1. The summed E-state index contributed by atoms with van der Waals surface area (Å²) >= 11 is 3.17. The van der Waals surface area contributed by atoms with Crippen LogP contribution in [0.4, 0.5) is 5.69 Å². The molecular formula is C11H12BrNO. The van der Waals surface area contributed by atoms with Gasteiger partial charge in [-0.05, 0) is 33.6 Å². The number of aldehydes is 1. The van der Waals surface area contributed by atoms with Crippen LogP contribution in [0.25, 0.3) is 6.08 Å². The van der Waals surface area contributed by atoms with Gasteiger partial charge < -0.3 is 4.90 Å². The Bertz CT molecular complexity index is 358. The first-order valence-electron chi connectivity index (χ1n) is 4.24. The van der Waals surface area contributed by atoms with E-state index in [0.29, 0.717) is 4.48 Å². The van der Waals surface area contributed by atoms with Crippen molar-refractivity contribution in [3.63, 3.8) is 0 Å². The van der Waals surface area contributed by atoms with E-state index >= 15 is 0 Å². The molecule has 0 aliphatic rings. The molecule has 14 heavy (non-hydrogen) atoms. The molecule has 2 nitrogen and oxygen atoms in total. The lowest BCUT2D eigenvalue weighted by Gasteiger charge is -2.15. The summed E-state index contributed by atoms with van der Waals surface area (Å²) in [4.78, 5) is 12.5. The van der Waals surface area contributed by atoms with Crippen molar-refractivity contribution in [1.29, 1.82) is 0 Å². The van der Waals surface area contributed by atoms with Crippen LogP contribution in [-0.4, -0.2) is 20.4 Å². The van der Waals surface area contributed by atoms with Crippen LogP contribution in [-0.2, 0) is 4.79 Å². The highest BCUT2D eigenvalue weighted by molar-refractivity contribution is 9.12. The topological polar surface area (TPSA) is 20.3 Å². The number of carbonyl (C=O) groups excluding carboxylic acids is 1. The van der Waals surface area contributed by atoms with Gasteiger partial charge in [0.2, 0.25) is 0 Å². The molecule has 1 rings (SSSR count). The number of carbonyl (C=O) groups is 1. The zero-order chi connectivity index (χ0) is 10.6. The number of nitrogens with zero attached hydrogens (tertiary/aromatic N) is 1. The molecule has 0 saturated carbocycles. The Kier molecular flexibility index (Phi) is 3.89. The molecule has 0 aromatic heterocycles. The summed E-state index contributed by atoms with van der Waals surface area (Å²) in [6.45, 7) is 0. The summed E-state index contributed by atoms with van der Waals surface area (Å²) < 4.78 is 0.548. The van der Waals surface area contributed by atoms with Crippen molar-refractivity contribution in [1.82, 2.24) is 0 Å². The molecule has 0 atom stereocenters. The molecule has 0 bridgehead atoms. The van der Waals surface area contributed by atoms with E-state index in [1.165, 1.54) is 0 Å². The monoisotopic (exact) mass is 253 g/mol. The number of rotatable bonds is 3. The first kappa shape index (κ1) is 11.0. The van der Waals surface area contributed by atoms with E-state index in [2.05, 4.69) is 15.9 Å². The van der Waals surface area contributed by atoms with Crippen LogP contribution < -0.4 is 4.90 Å². The first-order valence-corrected chi connectivity index (χ1v) is 5.03. The fourth-order valence-electron chi connectivity index (χ4n) is 1.20. The van der Waals surface area contributed by atoms with Crippen LogP contribution in [0.5, 0.6) is 0 Å². The number of para-hydroxylation sites is 1. The van der Waals surface area contributed by atoms with Gasteiger partial charge in [0.05, 0.1) is 4.48 Å². The van der Waals surface area contributed by atoms with Gasteiger partial charge in [-0.25, -0.2) is 0 Å². The molecule has 0 radical (unpaired) electrons. The standard InChI is InChI=1S/C11H12BrNO/c1-13(2)11-6-4-3-5-9(11)7-10(12)8-14/h3-8H,1-2H3/b10-7+. The second-order valence-electron chi connectivity index (χ2n) is 3.10. The Morgan fingerprint density at radius 3 is 2.57 bits per heavy atom. The second-order valence-corrected chi connectivity index (χ2v) is 4.02. The van der Waals surface area contributed by atoms with E-state index in [0.717, 1.165) is 17.5 Å². The van der Waals surface area contributed by atoms with Gasteiger partial charge in [0.15, 0.2) is 6.29 Å². The fourth-order valence-corrected chi connectivity index (χ4v) is 1.45. The summed E-state index contributed by atoms with van der Waals surface area (Å²) in [6, 6.07) is 7.91. The minimum atomic E-state index is 0.548. The Balaban J connectivity index is 3.13. The molecule has 1 aromatic carbocycles. The molecule has 1 aromatic rings. The Hall–Kier alpha value is -1.09. The molecule has 0 heterocycles. The Labute approximate surface area is 92.4 Å². The molecule has 0 spiro atoms. The lowest BCUT2D eigenvalue weighted by Crippen LogP contribution is -2.09. The van der Waals surface area contributed by atoms with Gasteiger partial charge in [-0.1, -0.05) is 18.2 Å². The van der Waals surface area contributed by atoms with E-state index < -0.39 is 0 Å². The molecule has 0 aliphatic heterocycles. The van der Waals surface area contributed by atoms with Gasteiger partial charge >= 0.3 is 0 Å². The van der Waals surface area contributed by atoms with E-state index in [1.807, 2.05) is 49.3 Å². The fraction of sp³-hybridized carbons (Fsp3) is 0.182. The largest absolute Gasteiger partial charge is 0.377 e. The SMILES string of the molecule is CN(C)c1ccccc1/C=C(/Br)C=O. The predicted molar refractivity (Wildman–Crippen MR) is 63.7 cm³/mol. The van der Waals surface area contributed by atoms with Crippen molar-refractivity contribution < 1.29 is 4.79 Å². The maximum atomic E-state index is 10.5. The minimum absolute atomic E-state index is 0.548. The zero-order valence-corrected chi connectivity index (χ0v) is 9.78. The number of hydrogen-bond acceptors (Lipinski definition) is 2. The Morgan fingerprint density at radius 1 is 1.36 bits per heavy atom. The average molecular weight is 254 g/mol. The maximum Gasteiger partial charge on any atom is 0.157 e. The summed E-state index contributed by atoms with van der Waals surface area (Å²) in [5, 5.41) is 0. The zero-order valence-electron chi connectivity index (χ0n) is 8.20. The molecule has 0 saturated heterocycles. The van der Waals surface area contributed by atoms with E-state index in [-0.39, 0.29) is 0 Å². The second kappa shape index (κ2) is 4.96. The lowest BCUT2D eigenvalue weighted by molar-refractivity contribution is -0.104. The van der Waals surface area contributed by atoms with Gasteiger partial charge in [-0.15, -0.1) is 0 Å². The molecule has 0 aliphatic carbocycles. The van der Waals surface area contributed by atoms with Crippen LogP contribution in [0, 0.1) is 0 Å². The van der Waals surface area contributed by atoms with Gasteiger partial charge in [0.1, 0.15) is 0 Å². The van der Waals surface area contributed by atoms with Gasteiger partial charge in [0.25, 0.3) is 0 Å². The van der Waals surface area contributed by atoms with Gasteiger partial charge in [0, 0.05) is 19.8 Å². The third kappa shape index (κ3) is 2.70. The lowest BCUT2D eigenvalue weighted by atomic mass is 10.1. The normalized spacial score (nSPS) is 11.2. The van der Waals surface area contributed by atoms with Crippen LogP contribution in [0.1, 0.15) is 5.56 Å². The molecule has 0 amide bonds. The van der Waals surface area contributed by atoms with Crippen LogP contribution in [0.2, 0.25) is 0 Å². The van der Waals surface area contributed by atoms with Crippen LogP contribution in [0.3, 0.4) is 0 Å². The van der Waals surface area contributed by atoms with Gasteiger partial charge in [-0.2, -0.15) is 0 Å². The number of benzene rings is 1. The van der Waals surface area contributed by atoms with Crippen molar-refractivity contribution in [2.75, 3.05) is 19.0 Å². The van der Waals surface area contributed by atoms with Crippen molar-refractivity contribution in [3.8, 4) is 0 Å². The molecule has 0 N–H and O–H groups in total. The van der Waals surface area contributed by atoms with Crippen LogP contribution >= 0.6 is 15.9 Å². The van der Waals surface area contributed by atoms with E-state index in [1.54, 1.807) is 0 Å². The van der Waals surface area contributed by atoms with Crippen LogP contribution in [0.15, 0.2) is 28.7 Å². The Morgan fingerprint density at radius 2 is 2.00 bits per heavy atom. The highest BCUT2D eigenvalue weighted by atomic mass is 79.9. The summed E-state index contributed by atoms with van der Waals surface area (Å²) in [5.41, 5.74) is 2.11. The molecule has 3 heteroatoms. The molecular weight excluding hydrogens is 242 g/mol. The maximum absolute atomic E-state index is 10.5. The molecule has 0 unspecified atom stereocenters. The number of hydrogen-bond donors (Lipinski definition) is 0. The molecule has 0 fully saturated rings. The van der Waals surface area contributed by atoms with E-state index in [9.17, 15) is 4.79 Å². The highest BCUT2D eigenvalue weighted by Crippen LogP contribution is 2.21. The third-order valence-corrected chi connectivity index (χ3v) is 2.24. The van der Waals surface area contributed by atoms with Crippen molar-refractivity contribution >= 4 is 34.0 Å².